The Labute approximate surface area is 290 Å². The number of amides is 2. The number of benzene rings is 3. The van der Waals surface area contributed by atoms with E-state index in [1.54, 1.807) is 24.1 Å². The Morgan fingerprint density at radius 1 is 0.854 bits per heavy atom. The monoisotopic (exact) mass is 691 g/mol. The number of piperazine rings is 2. The summed E-state index contributed by atoms with van der Waals surface area (Å²) in [7, 11) is 1.68. The van der Waals surface area contributed by atoms with E-state index in [-0.39, 0.29) is 28.4 Å². The van der Waals surface area contributed by atoms with Crippen molar-refractivity contribution < 1.29 is 14.3 Å². The number of anilines is 4. The molecular formula is C34H39Cl2N9O3. The van der Waals surface area contributed by atoms with Crippen LogP contribution in [0.4, 0.5) is 22.7 Å². The summed E-state index contributed by atoms with van der Waals surface area (Å²) in [4.78, 5) is 37.9. The van der Waals surface area contributed by atoms with E-state index in [0.717, 1.165) is 31.0 Å². The summed E-state index contributed by atoms with van der Waals surface area (Å²) in [6, 6.07) is 20.5. The summed E-state index contributed by atoms with van der Waals surface area (Å²) >= 11 is 13.3. The van der Waals surface area contributed by atoms with Crippen LogP contribution in [-0.2, 0) is 9.53 Å². The van der Waals surface area contributed by atoms with Gasteiger partial charge >= 0.3 is 0 Å². The average Bonchev–Trinajstić information content (AvgIpc) is 3.11. The van der Waals surface area contributed by atoms with Crippen LogP contribution in [0.2, 0.25) is 10.0 Å². The Morgan fingerprint density at radius 3 is 2.12 bits per heavy atom. The Balaban J connectivity index is 1.13. The minimum Gasteiger partial charge on any atom is -0.383 e. The number of rotatable bonds is 10. The van der Waals surface area contributed by atoms with Crippen LogP contribution in [0.3, 0.4) is 0 Å². The highest BCUT2D eigenvalue weighted by molar-refractivity contribution is 6.40. The van der Waals surface area contributed by atoms with Gasteiger partial charge in [0.1, 0.15) is 0 Å². The molecule has 3 N–H and O–H groups in total. The summed E-state index contributed by atoms with van der Waals surface area (Å²) in [5.41, 5.74) is 3.40. The van der Waals surface area contributed by atoms with Crippen molar-refractivity contribution in [3.8, 4) is 6.19 Å². The van der Waals surface area contributed by atoms with Crippen molar-refractivity contribution in [2.45, 2.75) is 0 Å². The zero-order valence-electron chi connectivity index (χ0n) is 26.8. The third-order valence-electron chi connectivity index (χ3n) is 8.28. The highest BCUT2D eigenvalue weighted by atomic mass is 35.5. The third-order valence-corrected chi connectivity index (χ3v) is 8.87. The molecule has 48 heavy (non-hydrogen) atoms. The first-order valence-electron chi connectivity index (χ1n) is 15.8. The third kappa shape index (κ3) is 9.29. The molecule has 2 aliphatic heterocycles. The normalized spacial score (nSPS) is 15.5. The number of carbonyl (C=O) groups excluding carboxylic acids is 2. The SMILES string of the molecule is COCCN1CCN(C(=O)c2cc(Cl)c(N/C(=N/C#N)N3CCN(c4ccc(NC(=O)CNc5ccccc5)cc4)CC3)c(Cl)c2)CC1. The number of ether oxygens (including phenoxy) is 1. The molecule has 2 amide bonds. The maximum atomic E-state index is 13.2. The summed E-state index contributed by atoms with van der Waals surface area (Å²) in [6.07, 6.45) is 1.87. The standard InChI is InChI=1S/C34H39Cl2N9O3/c1-48-20-19-42-11-13-44(14-12-42)33(47)25-21-29(35)32(30(36)22-25)41-34(39-24-37)45-17-15-43(16-18-45)28-9-7-27(8-10-28)40-31(46)23-38-26-5-3-2-4-6-26/h2-10,21-22,38H,11-20,23H2,1H3,(H,39,41)(H,40,46). The predicted octanol–water partition coefficient (Wildman–Crippen LogP) is 4.52. The Hall–Kier alpha value is -4.54. The van der Waals surface area contributed by atoms with Crippen molar-refractivity contribution in [3.63, 3.8) is 0 Å². The first kappa shape index (κ1) is 34.8. The first-order chi connectivity index (χ1) is 23.3. The number of carbonyl (C=O) groups is 2. The van der Waals surface area contributed by atoms with Crippen LogP contribution >= 0.6 is 23.2 Å². The molecule has 3 aromatic carbocycles. The van der Waals surface area contributed by atoms with Gasteiger partial charge in [-0.1, -0.05) is 41.4 Å². The molecule has 252 valence electrons. The predicted molar refractivity (Wildman–Crippen MR) is 191 cm³/mol. The van der Waals surface area contributed by atoms with Gasteiger partial charge in [0.05, 0.1) is 28.9 Å². The summed E-state index contributed by atoms with van der Waals surface area (Å²) in [6.45, 7) is 6.93. The van der Waals surface area contributed by atoms with E-state index in [4.69, 9.17) is 27.9 Å². The molecule has 0 aliphatic carbocycles. The van der Waals surface area contributed by atoms with E-state index in [0.29, 0.717) is 68.8 Å². The molecule has 0 radical (unpaired) electrons. The van der Waals surface area contributed by atoms with E-state index in [2.05, 4.69) is 30.7 Å². The van der Waals surface area contributed by atoms with Crippen molar-refractivity contribution in [2.24, 2.45) is 4.99 Å². The molecule has 0 saturated carbocycles. The van der Waals surface area contributed by atoms with Gasteiger partial charge in [-0.3, -0.25) is 14.5 Å². The number of halogens is 2. The second-order valence-corrected chi connectivity index (χ2v) is 12.2. The molecule has 2 fully saturated rings. The van der Waals surface area contributed by atoms with Crippen molar-refractivity contribution in [1.29, 1.82) is 5.26 Å². The van der Waals surface area contributed by atoms with Gasteiger partial charge in [-0.2, -0.15) is 5.26 Å². The number of guanidine groups is 1. The van der Waals surface area contributed by atoms with Gasteiger partial charge in [-0.15, -0.1) is 4.99 Å². The summed E-state index contributed by atoms with van der Waals surface area (Å²) in [5, 5.41) is 19.1. The number of methoxy groups -OCH3 is 1. The quantitative estimate of drug-likeness (QED) is 0.160. The van der Waals surface area contributed by atoms with Gasteiger partial charge in [-0.05, 0) is 48.5 Å². The zero-order chi connectivity index (χ0) is 33.9. The first-order valence-corrected chi connectivity index (χ1v) is 16.5. The lowest BCUT2D eigenvalue weighted by molar-refractivity contribution is -0.114. The number of aliphatic imine (C=N–C) groups is 1. The van der Waals surface area contributed by atoms with Crippen LogP contribution in [0, 0.1) is 11.5 Å². The van der Waals surface area contributed by atoms with Gasteiger partial charge in [0, 0.05) is 88.6 Å². The van der Waals surface area contributed by atoms with Gasteiger partial charge in [-0.25, -0.2) is 0 Å². The number of para-hydroxylation sites is 1. The number of hydrogen-bond donors (Lipinski definition) is 3. The Morgan fingerprint density at radius 2 is 1.50 bits per heavy atom. The van der Waals surface area contributed by atoms with Gasteiger partial charge < -0.3 is 35.4 Å². The fourth-order valence-corrected chi connectivity index (χ4v) is 6.19. The van der Waals surface area contributed by atoms with E-state index in [1.165, 1.54) is 0 Å². The van der Waals surface area contributed by atoms with E-state index >= 15 is 0 Å². The Kier molecular flexibility index (Phi) is 12.3. The molecule has 14 heteroatoms. The second kappa shape index (κ2) is 17.0. The smallest absolute Gasteiger partial charge is 0.254 e. The average molecular weight is 693 g/mol. The second-order valence-electron chi connectivity index (χ2n) is 11.4. The van der Waals surface area contributed by atoms with Gasteiger partial charge in [0.15, 0.2) is 0 Å². The minimum atomic E-state index is -0.133. The lowest BCUT2D eigenvalue weighted by Gasteiger charge is -2.37. The molecule has 0 unspecified atom stereocenters. The van der Waals surface area contributed by atoms with Crippen LogP contribution in [0.25, 0.3) is 0 Å². The highest BCUT2D eigenvalue weighted by Gasteiger charge is 2.25. The number of hydrogen-bond acceptors (Lipinski definition) is 8. The van der Waals surface area contributed by atoms with Gasteiger partial charge in [0.25, 0.3) is 5.91 Å². The molecule has 2 saturated heterocycles. The molecule has 0 atom stereocenters. The zero-order valence-corrected chi connectivity index (χ0v) is 28.3. The molecule has 3 aromatic rings. The largest absolute Gasteiger partial charge is 0.383 e. The van der Waals surface area contributed by atoms with Crippen LogP contribution in [0.5, 0.6) is 0 Å². The van der Waals surface area contributed by atoms with Crippen LogP contribution in [0.15, 0.2) is 71.7 Å². The minimum absolute atomic E-state index is 0.130. The Bertz CT molecular complexity index is 1590. The molecule has 0 spiro atoms. The number of nitriles is 1. The number of nitrogens with one attached hydrogen (secondary N) is 3. The van der Waals surface area contributed by atoms with Crippen LogP contribution in [-0.4, -0.2) is 112 Å². The van der Waals surface area contributed by atoms with Crippen molar-refractivity contribution in [3.05, 3.63) is 82.3 Å². The lowest BCUT2D eigenvalue weighted by Crippen LogP contribution is -2.50. The highest BCUT2D eigenvalue weighted by Crippen LogP contribution is 2.33. The van der Waals surface area contributed by atoms with E-state index in [9.17, 15) is 14.9 Å². The number of nitrogens with zero attached hydrogens (tertiary/aromatic N) is 6. The van der Waals surface area contributed by atoms with Crippen molar-refractivity contribution in [1.82, 2.24) is 14.7 Å². The molecule has 2 heterocycles. The molecule has 5 rings (SSSR count). The lowest BCUT2D eigenvalue weighted by atomic mass is 10.1. The van der Waals surface area contributed by atoms with Crippen LogP contribution in [0.1, 0.15) is 10.4 Å². The molecule has 2 aliphatic rings. The van der Waals surface area contributed by atoms with Crippen LogP contribution < -0.4 is 20.9 Å². The maximum Gasteiger partial charge on any atom is 0.254 e. The maximum absolute atomic E-state index is 13.2. The summed E-state index contributed by atoms with van der Waals surface area (Å²) in [5.74, 6) is 0.0644. The van der Waals surface area contributed by atoms with Crippen molar-refractivity contribution in [2.75, 3.05) is 100 Å². The van der Waals surface area contributed by atoms with Crippen molar-refractivity contribution >= 4 is 63.7 Å². The van der Waals surface area contributed by atoms with Gasteiger partial charge in [0.2, 0.25) is 18.1 Å². The fraction of sp³-hybridized carbons (Fsp3) is 0.353. The molecule has 0 bridgehead atoms. The van der Waals surface area contributed by atoms with E-state index in [1.807, 2.05) is 65.7 Å². The summed E-state index contributed by atoms with van der Waals surface area (Å²) < 4.78 is 5.16. The van der Waals surface area contributed by atoms with E-state index < -0.39 is 0 Å². The molecule has 12 nitrogen and oxygen atoms in total. The molecular weight excluding hydrogens is 653 g/mol. The topological polar surface area (TPSA) is 129 Å². The fourth-order valence-electron chi connectivity index (χ4n) is 5.61. The molecule has 0 aromatic heterocycles.